The number of halogens is 1. The van der Waals surface area contributed by atoms with Crippen molar-refractivity contribution < 1.29 is 23.9 Å². The summed E-state index contributed by atoms with van der Waals surface area (Å²) in [4.78, 5) is 46.9. The lowest BCUT2D eigenvalue weighted by Gasteiger charge is -2.12. The van der Waals surface area contributed by atoms with Gasteiger partial charge >= 0.3 is 0 Å². The Kier molecular flexibility index (Phi) is 5.99. The van der Waals surface area contributed by atoms with E-state index in [0.29, 0.717) is 16.9 Å². The van der Waals surface area contributed by atoms with Crippen LogP contribution in [-0.2, 0) is 11.3 Å². The van der Waals surface area contributed by atoms with E-state index in [1.165, 1.54) is 42.5 Å². The molecule has 33 heavy (non-hydrogen) atoms. The zero-order chi connectivity index (χ0) is 23.7. The summed E-state index contributed by atoms with van der Waals surface area (Å²) in [5.74, 6) is 0.0815. The third kappa shape index (κ3) is 4.64. The molecule has 1 aliphatic heterocycles. The van der Waals surface area contributed by atoms with Crippen molar-refractivity contribution in [3.8, 4) is 11.3 Å². The van der Waals surface area contributed by atoms with Crippen LogP contribution in [0.15, 0.2) is 63.9 Å². The summed E-state index contributed by atoms with van der Waals surface area (Å²) in [6, 6.07) is 13.0. The molecule has 0 spiro atoms. The molecular formula is C21H12ClN3O7S. The number of nitro benzene ring substituents is 2. The summed E-state index contributed by atoms with van der Waals surface area (Å²) < 4.78 is 5.68. The van der Waals surface area contributed by atoms with Crippen LogP contribution in [0.1, 0.15) is 11.3 Å². The van der Waals surface area contributed by atoms with Crippen LogP contribution in [-0.4, -0.2) is 25.9 Å². The van der Waals surface area contributed by atoms with Crippen molar-refractivity contribution in [2.45, 2.75) is 6.54 Å². The number of furan rings is 1. The van der Waals surface area contributed by atoms with Gasteiger partial charge in [-0.05, 0) is 41.6 Å². The summed E-state index contributed by atoms with van der Waals surface area (Å²) in [5, 5.41) is 21.4. The standard InChI is InChI=1S/C21H12ClN3O7S/c22-16-7-3-13(9-17(16)25(30)31)18-8-6-15(32-18)10-19-20(26)23(21(27)33-19)11-12-1-4-14(5-2-12)24(28)29/h1-10H,11H2/b19-10+. The summed E-state index contributed by atoms with van der Waals surface area (Å²) in [5.41, 5.74) is 0.637. The molecule has 1 aromatic heterocycles. The van der Waals surface area contributed by atoms with E-state index in [9.17, 15) is 29.8 Å². The summed E-state index contributed by atoms with van der Waals surface area (Å²) in [7, 11) is 0. The van der Waals surface area contributed by atoms with Crippen molar-refractivity contribution in [1.29, 1.82) is 0 Å². The molecule has 12 heteroatoms. The van der Waals surface area contributed by atoms with Gasteiger partial charge in [-0.1, -0.05) is 23.7 Å². The van der Waals surface area contributed by atoms with Gasteiger partial charge in [0.05, 0.1) is 21.3 Å². The first kappa shape index (κ1) is 22.2. The zero-order valence-electron chi connectivity index (χ0n) is 16.5. The SMILES string of the molecule is O=C1S/C(=C/c2ccc(-c3ccc(Cl)c([N+](=O)[O-])c3)o2)C(=O)N1Cc1ccc([N+](=O)[O-])cc1. The summed E-state index contributed by atoms with van der Waals surface area (Å²) >= 11 is 6.57. The van der Waals surface area contributed by atoms with Crippen molar-refractivity contribution in [2.75, 3.05) is 0 Å². The molecule has 0 radical (unpaired) electrons. The van der Waals surface area contributed by atoms with E-state index in [2.05, 4.69) is 0 Å². The minimum absolute atomic E-state index is 0.00257. The third-order valence-corrected chi connectivity index (χ3v) is 5.92. The lowest BCUT2D eigenvalue weighted by Crippen LogP contribution is -2.27. The highest BCUT2D eigenvalue weighted by Crippen LogP contribution is 2.35. The maximum Gasteiger partial charge on any atom is 0.293 e. The lowest BCUT2D eigenvalue weighted by atomic mass is 10.1. The van der Waals surface area contributed by atoms with Crippen molar-refractivity contribution in [3.63, 3.8) is 0 Å². The van der Waals surface area contributed by atoms with Crippen LogP contribution in [0.4, 0.5) is 16.2 Å². The second-order valence-electron chi connectivity index (χ2n) is 6.82. The average Bonchev–Trinajstić information content (AvgIpc) is 3.34. The van der Waals surface area contributed by atoms with E-state index in [1.54, 1.807) is 18.2 Å². The highest BCUT2D eigenvalue weighted by Gasteiger charge is 2.35. The van der Waals surface area contributed by atoms with Gasteiger partial charge in [-0.2, -0.15) is 0 Å². The van der Waals surface area contributed by atoms with E-state index < -0.39 is 21.0 Å². The number of rotatable bonds is 6. The quantitative estimate of drug-likeness (QED) is 0.248. The molecule has 1 saturated heterocycles. The van der Waals surface area contributed by atoms with Crippen LogP contribution >= 0.6 is 23.4 Å². The minimum Gasteiger partial charge on any atom is -0.457 e. The molecule has 4 rings (SSSR count). The van der Waals surface area contributed by atoms with E-state index in [-0.39, 0.29) is 33.6 Å². The molecule has 2 heterocycles. The first-order valence-corrected chi connectivity index (χ1v) is 10.5. The van der Waals surface area contributed by atoms with E-state index in [4.69, 9.17) is 16.0 Å². The predicted molar refractivity (Wildman–Crippen MR) is 120 cm³/mol. The first-order valence-electron chi connectivity index (χ1n) is 9.26. The van der Waals surface area contributed by atoms with Gasteiger partial charge in [0.2, 0.25) is 0 Å². The normalized spacial score (nSPS) is 14.8. The molecule has 1 fully saturated rings. The van der Waals surface area contributed by atoms with Gasteiger partial charge in [0, 0.05) is 29.8 Å². The number of nitro groups is 2. The molecule has 0 unspecified atom stereocenters. The number of imide groups is 1. The number of hydrogen-bond acceptors (Lipinski definition) is 8. The molecule has 1 aliphatic rings. The molecular weight excluding hydrogens is 474 g/mol. The van der Waals surface area contributed by atoms with Gasteiger partial charge in [-0.25, -0.2) is 0 Å². The Morgan fingerprint density at radius 3 is 2.39 bits per heavy atom. The van der Waals surface area contributed by atoms with Crippen LogP contribution in [0.5, 0.6) is 0 Å². The van der Waals surface area contributed by atoms with E-state index >= 15 is 0 Å². The number of carbonyl (C=O) groups is 2. The number of thioether (sulfide) groups is 1. The highest BCUT2D eigenvalue weighted by atomic mass is 35.5. The van der Waals surface area contributed by atoms with Gasteiger partial charge in [0.15, 0.2) is 0 Å². The third-order valence-electron chi connectivity index (χ3n) is 4.69. The Bertz CT molecular complexity index is 1330. The molecule has 0 N–H and O–H groups in total. The Hall–Kier alpha value is -3.96. The summed E-state index contributed by atoms with van der Waals surface area (Å²) in [6.07, 6.45) is 1.41. The van der Waals surface area contributed by atoms with E-state index in [1.807, 2.05) is 0 Å². The molecule has 2 aromatic carbocycles. The van der Waals surface area contributed by atoms with Gasteiger partial charge in [0.1, 0.15) is 16.5 Å². The van der Waals surface area contributed by atoms with Crippen molar-refractivity contribution in [3.05, 3.63) is 96.1 Å². The second kappa shape index (κ2) is 8.88. The van der Waals surface area contributed by atoms with Crippen molar-refractivity contribution in [1.82, 2.24) is 4.90 Å². The lowest BCUT2D eigenvalue weighted by molar-refractivity contribution is -0.385. The predicted octanol–water partition coefficient (Wildman–Crippen LogP) is 5.65. The molecule has 2 amide bonds. The first-order chi connectivity index (χ1) is 15.7. The average molecular weight is 486 g/mol. The molecule has 0 aliphatic carbocycles. The fourth-order valence-corrected chi connectivity index (χ4v) is 4.07. The van der Waals surface area contributed by atoms with Crippen LogP contribution in [0.2, 0.25) is 5.02 Å². The van der Waals surface area contributed by atoms with Crippen LogP contribution in [0.25, 0.3) is 17.4 Å². The van der Waals surface area contributed by atoms with Crippen molar-refractivity contribution >= 4 is 52.0 Å². The van der Waals surface area contributed by atoms with Gasteiger partial charge in [0.25, 0.3) is 22.5 Å². The van der Waals surface area contributed by atoms with Gasteiger partial charge in [-0.3, -0.25) is 34.7 Å². The van der Waals surface area contributed by atoms with Crippen LogP contribution in [0, 0.1) is 20.2 Å². The van der Waals surface area contributed by atoms with E-state index in [0.717, 1.165) is 16.7 Å². The number of carbonyl (C=O) groups excluding carboxylic acids is 2. The van der Waals surface area contributed by atoms with Crippen LogP contribution < -0.4 is 0 Å². The largest absolute Gasteiger partial charge is 0.457 e. The molecule has 0 atom stereocenters. The number of benzene rings is 2. The Morgan fingerprint density at radius 1 is 1.00 bits per heavy atom. The monoisotopic (exact) mass is 485 g/mol. The van der Waals surface area contributed by atoms with Gasteiger partial charge in [-0.15, -0.1) is 0 Å². The topological polar surface area (TPSA) is 137 Å². The Balaban J connectivity index is 1.52. The smallest absolute Gasteiger partial charge is 0.293 e. The maximum absolute atomic E-state index is 12.7. The van der Waals surface area contributed by atoms with Crippen LogP contribution in [0.3, 0.4) is 0 Å². The molecule has 0 saturated carbocycles. The van der Waals surface area contributed by atoms with Crippen molar-refractivity contribution in [2.24, 2.45) is 0 Å². The Labute approximate surface area is 194 Å². The maximum atomic E-state index is 12.7. The number of nitrogens with zero attached hydrogens (tertiary/aromatic N) is 3. The zero-order valence-corrected chi connectivity index (χ0v) is 18.0. The van der Waals surface area contributed by atoms with Gasteiger partial charge < -0.3 is 4.42 Å². The molecule has 0 bridgehead atoms. The Morgan fingerprint density at radius 2 is 1.73 bits per heavy atom. The fourth-order valence-electron chi connectivity index (χ4n) is 3.06. The second-order valence-corrected chi connectivity index (χ2v) is 8.22. The fraction of sp³-hybridized carbons (Fsp3) is 0.0476. The number of non-ortho nitro benzene ring substituents is 1. The molecule has 10 nitrogen and oxygen atoms in total. The highest BCUT2D eigenvalue weighted by molar-refractivity contribution is 8.18. The number of hydrogen-bond donors (Lipinski definition) is 0. The summed E-state index contributed by atoms with van der Waals surface area (Å²) in [6.45, 7) is -0.0299. The minimum atomic E-state index is -0.601. The molecule has 3 aromatic rings. The number of amides is 2. The molecule has 166 valence electrons.